The van der Waals surface area contributed by atoms with Gasteiger partial charge in [0.05, 0.1) is 6.54 Å². The van der Waals surface area contributed by atoms with Gasteiger partial charge in [-0.2, -0.15) is 0 Å². The molecule has 0 aliphatic carbocycles. The fraction of sp³-hybridized carbons (Fsp3) is 0.654. The van der Waals surface area contributed by atoms with Crippen molar-refractivity contribution in [2.75, 3.05) is 70.9 Å². The highest BCUT2D eigenvalue weighted by molar-refractivity contribution is 5.91. The summed E-state index contributed by atoms with van der Waals surface area (Å²) in [5.74, 6) is -0.0225. The standard InChI is InChI=1S/C26H38N6O4/c33-24(30-15-13-29(14-16-30)21-8-17-36-18-9-21)19-27-25(34)31-10-6-22(7-11-31)32-12-5-20-3-1-2-4-23(20)28-26(32)35/h1-4,21-22H,5-19H2,(H,27,34)(H,28,35). The molecule has 0 bridgehead atoms. The zero-order valence-electron chi connectivity index (χ0n) is 21.0. The second-order valence-corrected chi connectivity index (χ2v) is 10.2. The van der Waals surface area contributed by atoms with Crippen molar-refractivity contribution in [2.24, 2.45) is 0 Å². The lowest BCUT2D eigenvalue weighted by Gasteiger charge is -2.40. The van der Waals surface area contributed by atoms with Gasteiger partial charge in [0, 0.05) is 76.8 Å². The molecule has 10 heteroatoms. The number of urea groups is 2. The number of rotatable bonds is 4. The first kappa shape index (κ1) is 24.8. The SMILES string of the molecule is O=C(CNC(=O)N1CCC(N2CCc3ccccc3NC2=O)CC1)N1CCN(C2CCOCC2)CC1. The molecule has 36 heavy (non-hydrogen) atoms. The fourth-order valence-corrected chi connectivity index (χ4v) is 5.88. The first-order chi connectivity index (χ1) is 17.6. The molecule has 0 unspecified atom stereocenters. The van der Waals surface area contributed by atoms with Crippen LogP contribution in [-0.2, 0) is 16.0 Å². The Morgan fingerprint density at radius 1 is 0.889 bits per heavy atom. The van der Waals surface area contributed by atoms with Gasteiger partial charge in [-0.1, -0.05) is 18.2 Å². The number of hydrogen-bond acceptors (Lipinski definition) is 5. The fourth-order valence-electron chi connectivity index (χ4n) is 5.88. The molecule has 0 saturated carbocycles. The molecule has 0 spiro atoms. The third-order valence-corrected chi connectivity index (χ3v) is 8.10. The van der Waals surface area contributed by atoms with Gasteiger partial charge in [-0.15, -0.1) is 0 Å². The van der Waals surface area contributed by atoms with Crippen molar-refractivity contribution in [3.05, 3.63) is 29.8 Å². The maximum absolute atomic E-state index is 12.8. The smallest absolute Gasteiger partial charge is 0.322 e. The minimum Gasteiger partial charge on any atom is -0.381 e. The van der Waals surface area contributed by atoms with E-state index in [1.165, 1.54) is 0 Å². The summed E-state index contributed by atoms with van der Waals surface area (Å²) >= 11 is 0. The van der Waals surface area contributed by atoms with Crippen LogP contribution >= 0.6 is 0 Å². The van der Waals surface area contributed by atoms with Crippen molar-refractivity contribution in [3.8, 4) is 0 Å². The molecule has 4 heterocycles. The van der Waals surface area contributed by atoms with Gasteiger partial charge in [0.25, 0.3) is 0 Å². The van der Waals surface area contributed by atoms with Crippen molar-refractivity contribution in [2.45, 2.75) is 44.2 Å². The number of piperidine rings is 1. The van der Waals surface area contributed by atoms with Crippen LogP contribution in [0.2, 0.25) is 0 Å². The summed E-state index contributed by atoms with van der Waals surface area (Å²) in [5.41, 5.74) is 2.04. The maximum Gasteiger partial charge on any atom is 0.322 e. The molecule has 1 aromatic rings. The molecular formula is C26H38N6O4. The minimum absolute atomic E-state index is 0.0225. The Labute approximate surface area is 212 Å². The Kier molecular flexibility index (Phi) is 7.91. The number of piperazine rings is 1. The number of likely N-dealkylation sites (tertiary alicyclic amines) is 1. The summed E-state index contributed by atoms with van der Waals surface area (Å²) in [6.45, 7) is 6.69. The Hall–Kier alpha value is -2.85. The van der Waals surface area contributed by atoms with Crippen LogP contribution in [0, 0.1) is 0 Å². The van der Waals surface area contributed by atoms with Crippen LogP contribution in [0.5, 0.6) is 0 Å². The Morgan fingerprint density at radius 2 is 1.61 bits per heavy atom. The normalized spacial score (nSPS) is 22.6. The van der Waals surface area contributed by atoms with E-state index in [4.69, 9.17) is 4.74 Å². The summed E-state index contributed by atoms with van der Waals surface area (Å²) in [7, 11) is 0. The predicted molar refractivity (Wildman–Crippen MR) is 136 cm³/mol. The van der Waals surface area contributed by atoms with Gasteiger partial charge < -0.3 is 30.1 Å². The van der Waals surface area contributed by atoms with Gasteiger partial charge in [0.15, 0.2) is 0 Å². The number of fused-ring (bicyclic) bond motifs is 1. The summed E-state index contributed by atoms with van der Waals surface area (Å²) < 4.78 is 5.46. The van der Waals surface area contributed by atoms with E-state index in [9.17, 15) is 14.4 Å². The van der Waals surface area contributed by atoms with Gasteiger partial charge in [-0.25, -0.2) is 9.59 Å². The van der Waals surface area contributed by atoms with Gasteiger partial charge in [0.2, 0.25) is 5.91 Å². The average Bonchev–Trinajstić information content (AvgIpc) is 3.10. The number of carbonyl (C=O) groups excluding carboxylic acids is 3. The molecule has 1 aromatic carbocycles. The van der Waals surface area contributed by atoms with E-state index >= 15 is 0 Å². The Morgan fingerprint density at radius 3 is 2.36 bits per heavy atom. The highest BCUT2D eigenvalue weighted by Crippen LogP contribution is 2.24. The lowest BCUT2D eigenvalue weighted by molar-refractivity contribution is -0.132. The van der Waals surface area contributed by atoms with E-state index < -0.39 is 0 Å². The third-order valence-electron chi connectivity index (χ3n) is 8.10. The number of anilines is 1. The predicted octanol–water partition coefficient (Wildman–Crippen LogP) is 1.57. The van der Waals surface area contributed by atoms with E-state index in [-0.39, 0.29) is 30.6 Å². The monoisotopic (exact) mass is 498 g/mol. The summed E-state index contributed by atoms with van der Waals surface area (Å²) in [4.78, 5) is 46.2. The van der Waals surface area contributed by atoms with E-state index in [0.717, 1.165) is 69.7 Å². The largest absolute Gasteiger partial charge is 0.381 e. The zero-order chi connectivity index (χ0) is 24.9. The molecule has 3 saturated heterocycles. The summed E-state index contributed by atoms with van der Waals surface area (Å²) in [6, 6.07) is 8.34. The van der Waals surface area contributed by atoms with Crippen molar-refractivity contribution in [1.29, 1.82) is 0 Å². The number of carbonyl (C=O) groups is 3. The first-order valence-electron chi connectivity index (χ1n) is 13.4. The van der Waals surface area contributed by atoms with E-state index in [0.29, 0.717) is 38.8 Å². The average molecular weight is 499 g/mol. The van der Waals surface area contributed by atoms with Crippen LogP contribution in [0.4, 0.5) is 15.3 Å². The van der Waals surface area contributed by atoms with Gasteiger partial charge in [-0.3, -0.25) is 9.69 Å². The van der Waals surface area contributed by atoms with Crippen LogP contribution in [-0.4, -0.2) is 115 Å². The Balaban J connectivity index is 1.02. The third kappa shape index (κ3) is 5.75. The first-order valence-corrected chi connectivity index (χ1v) is 13.4. The van der Waals surface area contributed by atoms with Crippen molar-refractivity contribution >= 4 is 23.7 Å². The molecule has 4 aliphatic heterocycles. The van der Waals surface area contributed by atoms with Crippen molar-refractivity contribution in [1.82, 2.24) is 24.9 Å². The molecule has 196 valence electrons. The van der Waals surface area contributed by atoms with Crippen LogP contribution in [0.1, 0.15) is 31.2 Å². The number of nitrogens with one attached hydrogen (secondary N) is 2. The molecule has 4 aliphatic rings. The molecule has 0 radical (unpaired) electrons. The van der Waals surface area contributed by atoms with E-state index in [1.54, 1.807) is 4.90 Å². The van der Waals surface area contributed by atoms with Crippen molar-refractivity contribution < 1.29 is 19.1 Å². The van der Waals surface area contributed by atoms with Crippen LogP contribution in [0.3, 0.4) is 0 Å². The summed E-state index contributed by atoms with van der Waals surface area (Å²) in [6.07, 6.45) is 4.42. The molecular weight excluding hydrogens is 460 g/mol. The number of hydrogen-bond donors (Lipinski definition) is 2. The zero-order valence-corrected chi connectivity index (χ0v) is 21.0. The van der Waals surface area contributed by atoms with E-state index in [1.807, 2.05) is 28.0 Å². The molecule has 5 rings (SSSR count). The van der Waals surface area contributed by atoms with Crippen LogP contribution in [0.25, 0.3) is 0 Å². The number of amides is 5. The summed E-state index contributed by atoms with van der Waals surface area (Å²) in [5, 5.41) is 5.85. The number of nitrogens with zero attached hydrogens (tertiary/aromatic N) is 4. The molecule has 10 nitrogen and oxygen atoms in total. The molecule has 3 fully saturated rings. The molecule has 0 aromatic heterocycles. The molecule has 2 N–H and O–H groups in total. The minimum atomic E-state index is -0.199. The number of ether oxygens (including phenoxy) is 1. The molecule has 5 amide bonds. The van der Waals surface area contributed by atoms with Crippen LogP contribution < -0.4 is 10.6 Å². The van der Waals surface area contributed by atoms with Gasteiger partial charge in [-0.05, 0) is 43.7 Å². The van der Waals surface area contributed by atoms with Crippen molar-refractivity contribution in [3.63, 3.8) is 0 Å². The highest BCUT2D eigenvalue weighted by atomic mass is 16.5. The second-order valence-electron chi connectivity index (χ2n) is 10.2. The van der Waals surface area contributed by atoms with Crippen LogP contribution in [0.15, 0.2) is 24.3 Å². The van der Waals surface area contributed by atoms with E-state index in [2.05, 4.69) is 21.6 Å². The molecule has 0 atom stereocenters. The Bertz CT molecular complexity index is 936. The lowest BCUT2D eigenvalue weighted by Crippen LogP contribution is -2.55. The van der Waals surface area contributed by atoms with Gasteiger partial charge in [0.1, 0.15) is 0 Å². The topological polar surface area (TPSA) is 97.5 Å². The number of para-hydroxylation sites is 1. The number of benzene rings is 1. The maximum atomic E-state index is 12.8. The quantitative estimate of drug-likeness (QED) is 0.657. The highest BCUT2D eigenvalue weighted by Gasteiger charge is 2.32. The second kappa shape index (κ2) is 11.5. The van der Waals surface area contributed by atoms with Gasteiger partial charge >= 0.3 is 12.1 Å². The lowest BCUT2D eigenvalue weighted by atomic mass is 10.0.